The number of aryl methyl sites for hydroxylation is 1. The number of amides is 1. The first-order valence-corrected chi connectivity index (χ1v) is 7.85. The number of carbonyl (C=O) groups excluding carboxylic acids is 1. The second-order valence-corrected chi connectivity index (χ2v) is 5.80. The molecule has 0 heterocycles. The Morgan fingerprint density at radius 3 is 2.70 bits per heavy atom. The molecule has 23 heavy (non-hydrogen) atoms. The van der Waals surface area contributed by atoms with Gasteiger partial charge in [0, 0.05) is 17.0 Å². The molecule has 120 valence electrons. The van der Waals surface area contributed by atoms with Gasteiger partial charge in [0.15, 0.2) is 0 Å². The van der Waals surface area contributed by atoms with Crippen molar-refractivity contribution in [1.82, 2.24) is 5.43 Å². The van der Waals surface area contributed by atoms with Crippen LogP contribution in [0, 0.1) is 0 Å². The summed E-state index contributed by atoms with van der Waals surface area (Å²) in [5.74, 6) is -0.317. The smallest absolute Gasteiger partial charge is 0.240 e. The Morgan fingerprint density at radius 2 is 1.96 bits per heavy atom. The fraction of sp³-hybridized carbons (Fsp3) is 0.176. The summed E-state index contributed by atoms with van der Waals surface area (Å²) in [5.41, 5.74) is 3.95. The molecule has 0 saturated carbocycles. The molecule has 0 unspecified atom stereocenters. The highest BCUT2D eigenvalue weighted by atomic mass is 35.5. The third-order valence-corrected chi connectivity index (χ3v) is 3.67. The maximum atomic E-state index is 11.7. The number of hydrogen-bond acceptors (Lipinski definition) is 3. The molecule has 2 rings (SSSR count). The van der Waals surface area contributed by atoms with E-state index in [1.165, 1.54) is 23.9 Å². The Balaban J connectivity index is 1.80. The SMILES string of the molecule is O=C(CCCc1ccccc1)N/N=C/c1cc(Cl)cc(Cl)c1O. The Kier molecular flexibility index (Phi) is 6.44. The van der Waals surface area contributed by atoms with E-state index in [9.17, 15) is 9.90 Å². The Hall–Kier alpha value is -2.04. The quantitative estimate of drug-likeness (QED) is 0.606. The van der Waals surface area contributed by atoms with Gasteiger partial charge in [-0.2, -0.15) is 5.10 Å². The van der Waals surface area contributed by atoms with Crippen molar-refractivity contribution >= 4 is 35.3 Å². The molecule has 0 aromatic heterocycles. The van der Waals surface area contributed by atoms with Gasteiger partial charge in [-0.1, -0.05) is 53.5 Å². The van der Waals surface area contributed by atoms with Crippen molar-refractivity contribution in [3.63, 3.8) is 0 Å². The molecule has 6 heteroatoms. The second-order valence-electron chi connectivity index (χ2n) is 4.96. The number of halogens is 2. The first-order chi connectivity index (χ1) is 11.1. The van der Waals surface area contributed by atoms with Crippen molar-refractivity contribution in [3.05, 3.63) is 63.6 Å². The van der Waals surface area contributed by atoms with Crippen LogP contribution in [0.5, 0.6) is 5.75 Å². The van der Waals surface area contributed by atoms with Crippen LogP contribution in [0.25, 0.3) is 0 Å². The number of nitrogens with zero attached hydrogens (tertiary/aromatic N) is 1. The zero-order chi connectivity index (χ0) is 16.7. The Labute approximate surface area is 144 Å². The Morgan fingerprint density at radius 1 is 1.22 bits per heavy atom. The average Bonchev–Trinajstić information content (AvgIpc) is 2.53. The number of benzene rings is 2. The van der Waals surface area contributed by atoms with Crippen molar-refractivity contribution in [2.24, 2.45) is 5.10 Å². The molecule has 4 nitrogen and oxygen atoms in total. The summed E-state index contributed by atoms with van der Waals surface area (Å²) in [7, 11) is 0. The summed E-state index contributed by atoms with van der Waals surface area (Å²) in [6.07, 6.45) is 3.25. The van der Waals surface area contributed by atoms with Crippen LogP contribution in [0.2, 0.25) is 10.0 Å². The minimum atomic E-state index is -0.190. The van der Waals surface area contributed by atoms with Crippen LogP contribution in [-0.2, 0) is 11.2 Å². The van der Waals surface area contributed by atoms with Gasteiger partial charge in [0.25, 0.3) is 0 Å². The van der Waals surface area contributed by atoms with Crippen molar-refractivity contribution in [2.45, 2.75) is 19.3 Å². The molecule has 0 radical (unpaired) electrons. The van der Waals surface area contributed by atoms with Gasteiger partial charge in [-0.3, -0.25) is 4.79 Å². The molecular weight excluding hydrogens is 335 g/mol. The largest absolute Gasteiger partial charge is 0.506 e. The molecule has 0 aliphatic heterocycles. The molecule has 1 amide bonds. The van der Waals surface area contributed by atoms with E-state index in [-0.39, 0.29) is 16.7 Å². The summed E-state index contributed by atoms with van der Waals surface area (Å²) in [6.45, 7) is 0. The zero-order valence-corrected chi connectivity index (χ0v) is 13.8. The second kappa shape index (κ2) is 8.56. The van der Waals surface area contributed by atoms with Gasteiger partial charge >= 0.3 is 0 Å². The van der Waals surface area contributed by atoms with E-state index < -0.39 is 0 Å². The lowest BCUT2D eigenvalue weighted by Gasteiger charge is -2.03. The first-order valence-electron chi connectivity index (χ1n) is 7.10. The molecule has 0 aliphatic rings. The van der Waals surface area contributed by atoms with Gasteiger partial charge in [-0.15, -0.1) is 0 Å². The van der Waals surface area contributed by atoms with Gasteiger partial charge in [0.1, 0.15) is 5.75 Å². The highest BCUT2D eigenvalue weighted by Gasteiger charge is 2.06. The van der Waals surface area contributed by atoms with Crippen LogP contribution < -0.4 is 5.43 Å². The van der Waals surface area contributed by atoms with E-state index in [1.807, 2.05) is 30.3 Å². The number of nitrogens with one attached hydrogen (secondary N) is 1. The first kappa shape index (κ1) is 17.3. The number of hydrogen-bond donors (Lipinski definition) is 2. The molecule has 0 spiro atoms. The van der Waals surface area contributed by atoms with Crippen LogP contribution in [-0.4, -0.2) is 17.2 Å². The van der Waals surface area contributed by atoms with E-state index in [0.29, 0.717) is 17.0 Å². The van der Waals surface area contributed by atoms with Crippen LogP contribution in [0.4, 0.5) is 0 Å². The molecule has 0 saturated heterocycles. The molecule has 0 bridgehead atoms. The summed E-state index contributed by atoms with van der Waals surface area (Å²) in [4.78, 5) is 11.7. The summed E-state index contributed by atoms with van der Waals surface area (Å²) >= 11 is 11.6. The molecule has 0 atom stereocenters. The van der Waals surface area contributed by atoms with Crippen molar-refractivity contribution < 1.29 is 9.90 Å². The number of carbonyl (C=O) groups is 1. The number of phenols is 1. The van der Waals surface area contributed by atoms with Gasteiger partial charge < -0.3 is 5.11 Å². The van der Waals surface area contributed by atoms with Gasteiger partial charge in [-0.25, -0.2) is 5.43 Å². The summed E-state index contributed by atoms with van der Waals surface area (Å²) in [5, 5.41) is 14.1. The van der Waals surface area contributed by atoms with E-state index in [4.69, 9.17) is 23.2 Å². The predicted octanol–water partition coefficient (Wildman–Crippen LogP) is 4.17. The molecule has 0 aliphatic carbocycles. The highest BCUT2D eigenvalue weighted by Crippen LogP contribution is 2.29. The van der Waals surface area contributed by atoms with E-state index in [2.05, 4.69) is 10.5 Å². The summed E-state index contributed by atoms with van der Waals surface area (Å²) < 4.78 is 0. The standard InChI is InChI=1S/C17H16Cl2N2O2/c18-14-9-13(17(23)15(19)10-14)11-20-21-16(22)8-4-7-12-5-2-1-3-6-12/h1-3,5-6,9-11,23H,4,7-8H2,(H,21,22)/b20-11+. The van der Waals surface area contributed by atoms with Crippen molar-refractivity contribution in [1.29, 1.82) is 0 Å². The Bertz CT molecular complexity index is 703. The number of rotatable bonds is 6. The van der Waals surface area contributed by atoms with Gasteiger partial charge in [-0.05, 0) is 30.5 Å². The lowest BCUT2D eigenvalue weighted by molar-refractivity contribution is -0.121. The molecule has 2 N–H and O–H groups in total. The lowest BCUT2D eigenvalue weighted by atomic mass is 10.1. The number of phenolic OH excluding ortho intramolecular Hbond substituents is 1. The minimum Gasteiger partial charge on any atom is -0.506 e. The normalized spacial score (nSPS) is 10.9. The fourth-order valence-electron chi connectivity index (χ4n) is 2.01. The zero-order valence-electron chi connectivity index (χ0n) is 12.3. The molecule has 0 fully saturated rings. The fourth-order valence-corrected chi connectivity index (χ4v) is 2.52. The number of aromatic hydroxyl groups is 1. The van der Waals surface area contributed by atoms with Crippen molar-refractivity contribution in [3.8, 4) is 5.75 Å². The topological polar surface area (TPSA) is 61.7 Å². The van der Waals surface area contributed by atoms with Crippen molar-refractivity contribution in [2.75, 3.05) is 0 Å². The van der Waals surface area contributed by atoms with E-state index in [1.54, 1.807) is 0 Å². The van der Waals surface area contributed by atoms with Crippen LogP contribution >= 0.6 is 23.2 Å². The van der Waals surface area contributed by atoms with Gasteiger partial charge in [0.05, 0.1) is 11.2 Å². The van der Waals surface area contributed by atoms with Crippen LogP contribution in [0.15, 0.2) is 47.6 Å². The third kappa shape index (κ3) is 5.58. The lowest BCUT2D eigenvalue weighted by Crippen LogP contribution is -2.17. The van der Waals surface area contributed by atoms with Crippen LogP contribution in [0.3, 0.4) is 0 Å². The molecule has 2 aromatic carbocycles. The predicted molar refractivity (Wildman–Crippen MR) is 93.2 cm³/mol. The maximum Gasteiger partial charge on any atom is 0.240 e. The molecule has 2 aromatic rings. The minimum absolute atomic E-state index is 0.127. The number of hydrazone groups is 1. The van der Waals surface area contributed by atoms with Gasteiger partial charge in [0.2, 0.25) is 5.91 Å². The average molecular weight is 351 g/mol. The summed E-state index contributed by atoms with van der Waals surface area (Å²) in [6, 6.07) is 12.9. The van der Waals surface area contributed by atoms with E-state index >= 15 is 0 Å². The van der Waals surface area contributed by atoms with Crippen LogP contribution in [0.1, 0.15) is 24.0 Å². The molecular formula is C17H16Cl2N2O2. The monoisotopic (exact) mass is 350 g/mol. The highest BCUT2D eigenvalue weighted by molar-refractivity contribution is 6.36. The maximum absolute atomic E-state index is 11.7. The third-order valence-electron chi connectivity index (χ3n) is 3.16. The van der Waals surface area contributed by atoms with E-state index in [0.717, 1.165) is 12.8 Å².